The van der Waals surface area contributed by atoms with Crippen molar-refractivity contribution >= 4 is 5.91 Å². The maximum Gasteiger partial charge on any atom is 0.316 e. The van der Waals surface area contributed by atoms with E-state index in [1.807, 2.05) is 4.90 Å². The normalized spacial score (nSPS) is 20.8. The zero-order chi connectivity index (χ0) is 15.2. The van der Waals surface area contributed by atoms with E-state index < -0.39 is 0 Å². The van der Waals surface area contributed by atoms with Crippen molar-refractivity contribution < 1.29 is 9.53 Å². The lowest BCUT2D eigenvalue weighted by Crippen LogP contribution is -2.42. The molecule has 120 valence electrons. The van der Waals surface area contributed by atoms with Crippen LogP contribution in [0, 0.1) is 5.92 Å². The van der Waals surface area contributed by atoms with Crippen LogP contribution in [-0.4, -0.2) is 40.0 Å². The van der Waals surface area contributed by atoms with E-state index in [0.717, 1.165) is 32.4 Å². The first kappa shape index (κ1) is 15.3. The average molecular weight is 303 g/mol. The molecule has 0 atom stereocenters. The summed E-state index contributed by atoms with van der Waals surface area (Å²) in [6.07, 6.45) is 12.4. The average Bonchev–Trinajstić information content (AvgIpc) is 2.57. The van der Waals surface area contributed by atoms with E-state index in [4.69, 9.17) is 4.74 Å². The molecule has 1 amide bonds. The second kappa shape index (κ2) is 7.56. The minimum atomic E-state index is 0.126. The standard InChI is InChI=1S/C17H25N3O2/c21-16(13-14-5-2-1-3-6-14)20-11-7-15(8-12-20)22-17-18-9-4-10-19-17/h4,9-10,14-15H,1-3,5-8,11-13H2. The quantitative estimate of drug-likeness (QED) is 0.858. The summed E-state index contributed by atoms with van der Waals surface area (Å²) in [6.45, 7) is 1.59. The molecule has 5 heteroatoms. The number of rotatable bonds is 4. The summed E-state index contributed by atoms with van der Waals surface area (Å²) in [7, 11) is 0. The molecule has 2 fully saturated rings. The van der Waals surface area contributed by atoms with Crippen LogP contribution < -0.4 is 4.74 Å². The van der Waals surface area contributed by atoms with Gasteiger partial charge < -0.3 is 9.64 Å². The highest BCUT2D eigenvalue weighted by Crippen LogP contribution is 2.27. The molecule has 0 spiro atoms. The lowest BCUT2D eigenvalue weighted by atomic mass is 9.86. The number of ether oxygens (including phenoxy) is 1. The van der Waals surface area contributed by atoms with Crippen molar-refractivity contribution in [2.24, 2.45) is 5.92 Å². The lowest BCUT2D eigenvalue weighted by molar-refractivity contribution is -0.134. The van der Waals surface area contributed by atoms with Gasteiger partial charge in [-0.15, -0.1) is 0 Å². The van der Waals surface area contributed by atoms with Crippen molar-refractivity contribution in [1.82, 2.24) is 14.9 Å². The third kappa shape index (κ3) is 4.18. The molecule has 5 nitrogen and oxygen atoms in total. The van der Waals surface area contributed by atoms with Gasteiger partial charge >= 0.3 is 6.01 Å². The summed E-state index contributed by atoms with van der Waals surface area (Å²) < 4.78 is 5.77. The molecule has 22 heavy (non-hydrogen) atoms. The zero-order valence-electron chi connectivity index (χ0n) is 13.1. The second-order valence-electron chi connectivity index (χ2n) is 6.44. The van der Waals surface area contributed by atoms with Crippen LogP contribution in [0.25, 0.3) is 0 Å². The second-order valence-corrected chi connectivity index (χ2v) is 6.44. The van der Waals surface area contributed by atoms with Gasteiger partial charge in [0.15, 0.2) is 0 Å². The number of piperidine rings is 1. The van der Waals surface area contributed by atoms with Gasteiger partial charge in [0.05, 0.1) is 0 Å². The molecule has 0 bridgehead atoms. The maximum atomic E-state index is 12.4. The summed E-state index contributed by atoms with van der Waals surface area (Å²) in [5, 5.41) is 0. The third-order valence-electron chi connectivity index (χ3n) is 4.80. The van der Waals surface area contributed by atoms with Crippen molar-refractivity contribution in [3.8, 4) is 6.01 Å². The van der Waals surface area contributed by atoms with Gasteiger partial charge in [-0.2, -0.15) is 0 Å². The van der Waals surface area contributed by atoms with E-state index in [-0.39, 0.29) is 6.10 Å². The first-order chi connectivity index (χ1) is 10.8. The van der Waals surface area contributed by atoms with E-state index >= 15 is 0 Å². The van der Waals surface area contributed by atoms with E-state index in [1.54, 1.807) is 18.5 Å². The number of likely N-dealkylation sites (tertiary alicyclic amines) is 1. The fraction of sp³-hybridized carbons (Fsp3) is 0.706. The van der Waals surface area contributed by atoms with Crippen molar-refractivity contribution in [3.05, 3.63) is 18.5 Å². The molecule has 2 aliphatic rings. The largest absolute Gasteiger partial charge is 0.460 e. The third-order valence-corrected chi connectivity index (χ3v) is 4.80. The summed E-state index contributed by atoms with van der Waals surface area (Å²) in [5.74, 6) is 0.953. The van der Waals surface area contributed by atoms with Crippen LogP contribution in [0.2, 0.25) is 0 Å². The van der Waals surface area contributed by atoms with Gasteiger partial charge in [0.25, 0.3) is 0 Å². The highest BCUT2D eigenvalue weighted by Gasteiger charge is 2.26. The number of carbonyl (C=O) groups excluding carboxylic acids is 1. The molecular formula is C17H25N3O2. The molecule has 3 rings (SSSR count). The summed E-state index contributed by atoms with van der Waals surface area (Å²) >= 11 is 0. The van der Waals surface area contributed by atoms with E-state index in [1.165, 1.54) is 32.1 Å². The Kier molecular flexibility index (Phi) is 5.24. The fourth-order valence-electron chi connectivity index (χ4n) is 3.49. The Morgan fingerprint density at radius 1 is 1.09 bits per heavy atom. The van der Waals surface area contributed by atoms with Crippen LogP contribution in [-0.2, 0) is 4.79 Å². The topological polar surface area (TPSA) is 55.3 Å². The minimum absolute atomic E-state index is 0.126. The van der Waals surface area contributed by atoms with Gasteiger partial charge in [-0.3, -0.25) is 4.79 Å². The van der Waals surface area contributed by atoms with E-state index in [9.17, 15) is 4.79 Å². The predicted molar refractivity (Wildman–Crippen MR) is 83.5 cm³/mol. The van der Waals surface area contributed by atoms with E-state index in [0.29, 0.717) is 17.8 Å². The smallest absolute Gasteiger partial charge is 0.316 e. The van der Waals surface area contributed by atoms with Gasteiger partial charge in [-0.05, 0) is 24.8 Å². The number of nitrogens with zero attached hydrogens (tertiary/aromatic N) is 3. The van der Waals surface area contributed by atoms with Crippen molar-refractivity contribution in [3.63, 3.8) is 0 Å². The first-order valence-electron chi connectivity index (χ1n) is 8.53. The van der Waals surface area contributed by atoms with Gasteiger partial charge in [-0.1, -0.05) is 19.3 Å². The number of hydrogen-bond donors (Lipinski definition) is 0. The Bertz CT molecular complexity index is 466. The molecular weight excluding hydrogens is 278 g/mol. The summed E-state index contributed by atoms with van der Waals surface area (Å²) in [5.41, 5.74) is 0. The monoisotopic (exact) mass is 303 g/mol. The molecule has 0 aromatic carbocycles. The van der Waals surface area contributed by atoms with Crippen LogP contribution in [0.4, 0.5) is 0 Å². The first-order valence-corrected chi connectivity index (χ1v) is 8.53. The fourth-order valence-corrected chi connectivity index (χ4v) is 3.49. The number of amides is 1. The molecule has 1 saturated carbocycles. The predicted octanol–water partition coefficient (Wildman–Crippen LogP) is 2.82. The van der Waals surface area contributed by atoms with Gasteiger partial charge in [-0.25, -0.2) is 9.97 Å². The van der Waals surface area contributed by atoms with Gasteiger partial charge in [0, 0.05) is 44.7 Å². The lowest BCUT2D eigenvalue weighted by Gasteiger charge is -2.33. The molecule has 1 aliphatic heterocycles. The van der Waals surface area contributed by atoms with E-state index in [2.05, 4.69) is 9.97 Å². The maximum absolute atomic E-state index is 12.4. The highest BCUT2D eigenvalue weighted by atomic mass is 16.5. The Balaban J connectivity index is 1.42. The SMILES string of the molecule is O=C(CC1CCCCC1)N1CCC(Oc2ncccn2)CC1. The van der Waals surface area contributed by atoms with Crippen LogP contribution in [0.5, 0.6) is 6.01 Å². The van der Waals surface area contributed by atoms with Crippen LogP contribution in [0.15, 0.2) is 18.5 Å². The molecule has 0 N–H and O–H groups in total. The Hall–Kier alpha value is -1.65. The molecule has 1 aromatic heterocycles. The number of carbonyl (C=O) groups is 1. The Morgan fingerprint density at radius 3 is 2.45 bits per heavy atom. The van der Waals surface area contributed by atoms with Crippen LogP contribution in [0.1, 0.15) is 51.4 Å². The van der Waals surface area contributed by atoms with Gasteiger partial charge in [0.2, 0.25) is 5.91 Å². The Labute approximate surface area is 132 Å². The van der Waals surface area contributed by atoms with Crippen molar-refractivity contribution in [1.29, 1.82) is 0 Å². The summed E-state index contributed by atoms with van der Waals surface area (Å²) in [6, 6.07) is 2.22. The van der Waals surface area contributed by atoms with Crippen LogP contribution in [0.3, 0.4) is 0 Å². The zero-order valence-corrected chi connectivity index (χ0v) is 13.1. The molecule has 0 unspecified atom stereocenters. The van der Waals surface area contributed by atoms with Crippen molar-refractivity contribution in [2.75, 3.05) is 13.1 Å². The highest BCUT2D eigenvalue weighted by molar-refractivity contribution is 5.76. The molecule has 2 heterocycles. The molecule has 1 aliphatic carbocycles. The number of hydrogen-bond acceptors (Lipinski definition) is 4. The summed E-state index contributed by atoms with van der Waals surface area (Å²) in [4.78, 5) is 22.6. The molecule has 0 radical (unpaired) electrons. The number of aromatic nitrogens is 2. The Morgan fingerprint density at radius 2 is 1.77 bits per heavy atom. The minimum Gasteiger partial charge on any atom is -0.460 e. The van der Waals surface area contributed by atoms with Crippen molar-refractivity contribution in [2.45, 2.75) is 57.5 Å². The van der Waals surface area contributed by atoms with Gasteiger partial charge in [0.1, 0.15) is 6.10 Å². The molecule has 1 saturated heterocycles. The molecule has 1 aromatic rings. The van der Waals surface area contributed by atoms with Crippen LogP contribution >= 0.6 is 0 Å².